The summed E-state index contributed by atoms with van der Waals surface area (Å²) in [5.41, 5.74) is -0.537. The Bertz CT molecular complexity index is 382. The minimum absolute atomic E-state index is 0.0322. The third kappa shape index (κ3) is 2.05. The van der Waals surface area contributed by atoms with Gasteiger partial charge >= 0.3 is 0 Å². The Morgan fingerprint density at radius 2 is 1.68 bits per heavy atom. The molecule has 108 valence electrons. The summed E-state index contributed by atoms with van der Waals surface area (Å²) >= 11 is 0. The molecule has 0 aromatic carbocycles. The Morgan fingerprint density at radius 3 is 2.11 bits per heavy atom. The number of carbonyl (C=O) groups is 2. The lowest BCUT2D eigenvalue weighted by molar-refractivity contribution is -0.152. The molecule has 0 aromatic rings. The smallest absolute Gasteiger partial charge is 0.248 e. The van der Waals surface area contributed by atoms with Gasteiger partial charge in [0, 0.05) is 25.0 Å². The molecule has 0 unspecified atom stereocenters. The first-order chi connectivity index (χ1) is 8.81. The topological polar surface area (TPSA) is 40.6 Å². The average molecular weight is 266 g/mol. The molecule has 2 saturated heterocycles. The van der Waals surface area contributed by atoms with Crippen LogP contribution in [-0.2, 0) is 9.59 Å². The fourth-order valence-electron chi connectivity index (χ4n) is 3.48. The first-order valence-corrected chi connectivity index (χ1v) is 7.41. The van der Waals surface area contributed by atoms with Crippen molar-refractivity contribution in [2.45, 2.75) is 71.0 Å². The van der Waals surface area contributed by atoms with Crippen molar-refractivity contribution < 1.29 is 9.59 Å². The molecule has 0 aliphatic carbocycles. The number of rotatable bonds is 3. The van der Waals surface area contributed by atoms with E-state index >= 15 is 0 Å². The van der Waals surface area contributed by atoms with E-state index < -0.39 is 5.54 Å². The zero-order valence-electron chi connectivity index (χ0n) is 12.8. The monoisotopic (exact) mass is 266 g/mol. The van der Waals surface area contributed by atoms with Gasteiger partial charge in [-0.25, -0.2) is 0 Å². The Balaban J connectivity index is 2.30. The zero-order chi connectivity index (χ0) is 14.4. The molecule has 0 aromatic heterocycles. The SMILES string of the molecule is CC(C)C(=O)N1C2CCC1(C(=O)N(C)C(C)C)CC2. The number of carbonyl (C=O) groups excluding carboxylic acids is 2. The van der Waals surface area contributed by atoms with Crippen molar-refractivity contribution in [3.8, 4) is 0 Å². The minimum atomic E-state index is -0.537. The summed E-state index contributed by atoms with van der Waals surface area (Å²) in [6, 6.07) is 0.469. The van der Waals surface area contributed by atoms with Gasteiger partial charge in [-0.15, -0.1) is 0 Å². The predicted octanol–water partition coefficient (Wildman–Crippen LogP) is 2.03. The Labute approximate surface area is 116 Å². The number of hydrogen-bond donors (Lipinski definition) is 0. The molecule has 0 N–H and O–H groups in total. The van der Waals surface area contributed by atoms with Gasteiger partial charge in [0.25, 0.3) is 0 Å². The highest BCUT2D eigenvalue weighted by molar-refractivity contribution is 5.93. The molecule has 0 atom stereocenters. The molecule has 2 amide bonds. The molecular weight excluding hydrogens is 240 g/mol. The molecular formula is C15H26N2O2. The van der Waals surface area contributed by atoms with E-state index in [1.165, 1.54) is 0 Å². The Kier molecular flexibility index (Phi) is 3.63. The predicted molar refractivity (Wildman–Crippen MR) is 74.6 cm³/mol. The lowest BCUT2D eigenvalue weighted by atomic mass is 9.86. The molecule has 2 aliphatic heterocycles. The third-order valence-electron chi connectivity index (χ3n) is 4.83. The van der Waals surface area contributed by atoms with Crippen molar-refractivity contribution in [3.63, 3.8) is 0 Å². The van der Waals surface area contributed by atoms with Gasteiger partial charge < -0.3 is 9.80 Å². The summed E-state index contributed by atoms with van der Waals surface area (Å²) in [4.78, 5) is 29.0. The Hall–Kier alpha value is -1.06. The standard InChI is InChI=1S/C15H26N2O2/c1-10(2)13(18)17-12-6-8-15(17,9-7-12)14(19)16(5)11(3)4/h10-12H,6-9H2,1-5H3. The van der Waals surface area contributed by atoms with E-state index in [0.717, 1.165) is 25.7 Å². The van der Waals surface area contributed by atoms with Crippen LogP contribution in [0, 0.1) is 5.92 Å². The average Bonchev–Trinajstić information content (AvgIpc) is 2.91. The van der Waals surface area contributed by atoms with Crippen molar-refractivity contribution in [3.05, 3.63) is 0 Å². The molecule has 19 heavy (non-hydrogen) atoms. The van der Waals surface area contributed by atoms with E-state index in [9.17, 15) is 9.59 Å². The summed E-state index contributed by atoms with van der Waals surface area (Å²) < 4.78 is 0. The summed E-state index contributed by atoms with van der Waals surface area (Å²) in [7, 11) is 1.85. The highest BCUT2D eigenvalue weighted by Gasteiger charge is 2.59. The number of hydrogen-bond acceptors (Lipinski definition) is 2. The van der Waals surface area contributed by atoms with Gasteiger partial charge in [0.05, 0.1) is 0 Å². The first-order valence-electron chi connectivity index (χ1n) is 7.41. The second kappa shape index (κ2) is 4.80. The number of likely N-dealkylation sites (N-methyl/N-ethyl adjacent to an activating group) is 1. The minimum Gasteiger partial charge on any atom is -0.341 e. The lowest BCUT2D eigenvalue weighted by Crippen LogP contribution is -2.57. The fourth-order valence-corrected chi connectivity index (χ4v) is 3.48. The van der Waals surface area contributed by atoms with Crippen LogP contribution in [0.1, 0.15) is 53.4 Å². The maximum absolute atomic E-state index is 12.8. The van der Waals surface area contributed by atoms with Crippen molar-refractivity contribution >= 4 is 11.8 Å². The molecule has 2 bridgehead atoms. The van der Waals surface area contributed by atoms with Crippen molar-refractivity contribution in [1.29, 1.82) is 0 Å². The number of amides is 2. The first kappa shape index (κ1) is 14.4. The van der Waals surface area contributed by atoms with Gasteiger partial charge in [-0.3, -0.25) is 9.59 Å². The molecule has 2 aliphatic rings. The van der Waals surface area contributed by atoms with Gasteiger partial charge in [0.15, 0.2) is 0 Å². The van der Waals surface area contributed by atoms with Crippen LogP contribution >= 0.6 is 0 Å². The van der Waals surface area contributed by atoms with Crippen LogP contribution in [-0.4, -0.2) is 46.3 Å². The second-order valence-corrected chi connectivity index (χ2v) is 6.64. The second-order valence-electron chi connectivity index (χ2n) is 6.64. The molecule has 0 saturated carbocycles. The van der Waals surface area contributed by atoms with Crippen LogP contribution in [0.25, 0.3) is 0 Å². The molecule has 2 heterocycles. The zero-order valence-corrected chi connectivity index (χ0v) is 12.8. The fraction of sp³-hybridized carbons (Fsp3) is 0.867. The van der Waals surface area contributed by atoms with E-state index in [4.69, 9.17) is 0 Å². The molecule has 2 fully saturated rings. The molecule has 4 heteroatoms. The van der Waals surface area contributed by atoms with Crippen LogP contribution in [0.3, 0.4) is 0 Å². The molecule has 4 nitrogen and oxygen atoms in total. The van der Waals surface area contributed by atoms with E-state index in [0.29, 0.717) is 6.04 Å². The van der Waals surface area contributed by atoms with Crippen LogP contribution in [0.4, 0.5) is 0 Å². The van der Waals surface area contributed by atoms with E-state index in [1.54, 1.807) is 4.90 Å². The lowest BCUT2D eigenvalue weighted by Gasteiger charge is -2.38. The quantitative estimate of drug-likeness (QED) is 0.784. The van der Waals surface area contributed by atoms with Crippen molar-refractivity contribution in [2.75, 3.05) is 7.05 Å². The van der Waals surface area contributed by atoms with Gasteiger partial charge in [-0.1, -0.05) is 13.8 Å². The molecule has 0 radical (unpaired) electrons. The van der Waals surface area contributed by atoms with Crippen molar-refractivity contribution in [2.24, 2.45) is 5.92 Å². The van der Waals surface area contributed by atoms with Gasteiger partial charge in [-0.05, 0) is 39.5 Å². The van der Waals surface area contributed by atoms with E-state index in [-0.39, 0.29) is 23.8 Å². The van der Waals surface area contributed by atoms with E-state index in [1.807, 2.05) is 39.6 Å². The number of fused-ring (bicyclic) bond motifs is 2. The van der Waals surface area contributed by atoms with Gasteiger partial charge in [0.2, 0.25) is 11.8 Å². The maximum Gasteiger partial charge on any atom is 0.248 e. The van der Waals surface area contributed by atoms with Gasteiger partial charge in [0.1, 0.15) is 5.54 Å². The summed E-state index contributed by atoms with van der Waals surface area (Å²) in [5, 5.41) is 0. The van der Waals surface area contributed by atoms with Crippen LogP contribution in [0.15, 0.2) is 0 Å². The third-order valence-corrected chi connectivity index (χ3v) is 4.83. The van der Waals surface area contributed by atoms with E-state index in [2.05, 4.69) is 0 Å². The van der Waals surface area contributed by atoms with Crippen LogP contribution < -0.4 is 0 Å². The Morgan fingerprint density at radius 1 is 1.16 bits per heavy atom. The highest BCUT2D eigenvalue weighted by atomic mass is 16.2. The summed E-state index contributed by atoms with van der Waals surface area (Å²) in [6.07, 6.45) is 3.64. The summed E-state index contributed by atoms with van der Waals surface area (Å²) in [5.74, 6) is 0.247. The molecule has 0 spiro atoms. The van der Waals surface area contributed by atoms with Crippen LogP contribution in [0.2, 0.25) is 0 Å². The molecule has 2 rings (SSSR count). The van der Waals surface area contributed by atoms with Gasteiger partial charge in [-0.2, -0.15) is 0 Å². The normalized spacial score (nSPS) is 29.4. The number of nitrogens with zero attached hydrogens (tertiary/aromatic N) is 2. The largest absolute Gasteiger partial charge is 0.341 e. The van der Waals surface area contributed by atoms with Crippen LogP contribution in [0.5, 0.6) is 0 Å². The maximum atomic E-state index is 12.8. The highest BCUT2D eigenvalue weighted by Crippen LogP contribution is 2.48. The van der Waals surface area contributed by atoms with Crippen molar-refractivity contribution in [1.82, 2.24) is 9.80 Å². The summed E-state index contributed by atoms with van der Waals surface area (Å²) in [6.45, 7) is 7.88.